The minimum Gasteiger partial charge on any atom is -0.433 e. The second kappa shape index (κ2) is 7.34. The molecule has 25 heavy (non-hydrogen) atoms. The van der Waals surface area contributed by atoms with Crippen LogP contribution in [0.5, 0.6) is 5.75 Å². The van der Waals surface area contributed by atoms with E-state index >= 15 is 0 Å². The minimum atomic E-state index is -2.85. The highest BCUT2D eigenvalue weighted by Crippen LogP contribution is 2.32. The summed E-state index contributed by atoms with van der Waals surface area (Å²) in [5.74, 6) is 0.824. The van der Waals surface area contributed by atoms with E-state index in [0.717, 1.165) is 18.5 Å². The predicted molar refractivity (Wildman–Crippen MR) is 91.0 cm³/mol. The Bertz CT molecular complexity index is 791. The van der Waals surface area contributed by atoms with Gasteiger partial charge in [0.05, 0.1) is 5.69 Å². The van der Waals surface area contributed by atoms with Crippen LogP contribution in [0.4, 0.5) is 20.3 Å². The van der Waals surface area contributed by atoms with Crippen LogP contribution in [-0.4, -0.2) is 30.7 Å². The third-order valence-corrected chi connectivity index (χ3v) is 4.17. The first-order valence-corrected chi connectivity index (χ1v) is 8.00. The first-order valence-electron chi connectivity index (χ1n) is 8.00. The van der Waals surface area contributed by atoms with Gasteiger partial charge in [-0.15, -0.1) is 0 Å². The lowest BCUT2D eigenvalue weighted by molar-refractivity contribution is -0.0495. The maximum absolute atomic E-state index is 12.6. The maximum atomic E-state index is 12.6. The van der Waals surface area contributed by atoms with Crippen LogP contribution >= 0.6 is 0 Å². The van der Waals surface area contributed by atoms with E-state index in [-0.39, 0.29) is 11.8 Å². The van der Waals surface area contributed by atoms with Crippen LogP contribution in [0.15, 0.2) is 36.4 Å². The minimum absolute atomic E-state index is 0.112. The molecule has 2 aromatic rings. The third-order valence-electron chi connectivity index (χ3n) is 4.17. The Morgan fingerprint density at radius 3 is 2.88 bits per heavy atom. The number of benzene rings is 1. The Balaban J connectivity index is 1.69. The van der Waals surface area contributed by atoms with E-state index < -0.39 is 6.61 Å². The lowest BCUT2D eigenvalue weighted by atomic mass is 10.2. The van der Waals surface area contributed by atoms with Gasteiger partial charge in [0, 0.05) is 19.1 Å². The highest BCUT2D eigenvalue weighted by atomic mass is 19.3. The number of alkyl halides is 2. The lowest BCUT2D eigenvalue weighted by Crippen LogP contribution is -2.27. The topological polar surface area (TPSA) is 61.2 Å². The van der Waals surface area contributed by atoms with E-state index in [9.17, 15) is 8.78 Å². The molecule has 1 N–H and O–H groups in total. The summed E-state index contributed by atoms with van der Waals surface area (Å²) in [6.07, 6.45) is 0.834. The standard InChI is InChI=1S/C18H18F2N4O/c1-12-6-7-17(23-14(12)10-21)22-13-8-9-24(11-13)15-4-2-3-5-16(15)25-18(19)20/h2-7,13,18H,8-9,11H2,1H3,(H,22,23). The van der Waals surface area contributed by atoms with E-state index in [1.54, 1.807) is 24.3 Å². The lowest BCUT2D eigenvalue weighted by Gasteiger charge is -2.22. The van der Waals surface area contributed by atoms with Gasteiger partial charge in [0.15, 0.2) is 0 Å². The third kappa shape index (κ3) is 3.97. The van der Waals surface area contributed by atoms with E-state index in [2.05, 4.69) is 21.1 Å². The van der Waals surface area contributed by atoms with E-state index in [1.807, 2.05) is 24.0 Å². The average molecular weight is 344 g/mol. The number of nitrogens with one attached hydrogen (secondary N) is 1. The first kappa shape index (κ1) is 17.0. The number of para-hydroxylation sites is 2. The Hall–Kier alpha value is -2.88. The Kier molecular flexibility index (Phi) is 4.98. The van der Waals surface area contributed by atoms with E-state index in [0.29, 0.717) is 23.7 Å². The molecule has 0 saturated carbocycles. The first-order chi connectivity index (χ1) is 12.1. The zero-order valence-electron chi connectivity index (χ0n) is 13.7. The molecule has 1 aliphatic heterocycles. The smallest absolute Gasteiger partial charge is 0.387 e. The number of nitriles is 1. The largest absolute Gasteiger partial charge is 0.433 e. The quantitative estimate of drug-likeness (QED) is 0.899. The normalized spacial score (nSPS) is 16.8. The number of hydrogen-bond acceptors (Lipinski definition) is 5. The van der Waals surface area contributed by atoms with Crippen molar-refractivity contribution in [2.24, 2.45) is 0 Å². The second-order valence-electron chi connectivity index (χ2n) is 5.90. The van der Waals surface area contributed by atoms with Crippen LogP contribution < -0.4 is 15.0 Å². The molecule has 1 aliphatic rings. The van der Waals surface area contributed by atoms with E-state index in [1.165, 1.54) is 0 Å². The number of aryl methyl sites for hydroxylation is 1. The molecular weight excluding hydrogens is 326 g/mol. The van der Waals surface area contributed by atoms with Crippen LogP contribution in [0, 0.1) is 18.3 Å². The SMILES string of the molecule is Cc1ccc(NC2CCN(c3ccccc3OC(F)F)C2)nc1C#N. The van der Waals surface area contributed by atoms with Gasteiger partial charge in [0.25, 0.3) is 0 Å². The van der Waals surface area contributed by atoms with Crippen LogP contribution in [-0.2, 0) is 0 Å². The van der Waals surface area contributed by atoms with Crippen molar-refractivity contribution in [2.75, 3.05) is 23.3 Å². The summed E-state index contributed by atoms with van der Waals surface area (Å²) >= 11 is 0. The molecule has 0 spiro atoms. The molecule has 0 amide bonds. The number of aromatic nitrogens is 1. The Morgan fingerprint density at radius 2 is 2.12 bits per heavy atom. The van der Waals surface area contributed by atoms with Gasteiger partial charge in [0.1, 0.15) is 23.3 Å². The van der Waals surface area contributed by atoms with Crippen LogP contribution in [0.3, 0.4) is 0 Å². The second-order valence-corrected chi connectivity index (χ2v) is 5.90. The molecule has 7 heteroatoms. The summed E-state index contributed by atoms with van der Waals surface area (Å²) in [5.41, 5.74) is 1.89. The van der Waals surface area contributed by atoms with Gasteiger partial charge in [-0.25, -0.2) is 4.98 Å². The molecule has 5 nitrogen and oxygen atoms in total. The molecule has 130 valence electrons. The van der Waals surface area contributed by atoms with E-state index in [4.69, 9.17) is 5.26 Å². The van der Waals surface area contributed by atoms with Gasteiger partial charge in [-0.1, -0.05) is 18.2 Å². The fourth-order valence-electron chi connectivity index (χ4n) is 2.94. The highest BCUT2D eigenvalue weighted by Gasteiger charge is 2.25. The molecule has 1 unspecified atom stereocenters. The molecule has 1 atom stereocenters. The molecule has 0 aliphatic carbocycles. The molecule has 0 radical (unpaired) electrons. The molecule has 1 saturated heterocycles. The van der Waals surface area contributed by atoms with Crippen molar-refractivity contribution in [1.29, 1.82) is 5.26 Å². The predicted octanol–water partition coefficient (Wildman–Crippen LogP) is 3.55. The van der Waals surface area contributed by atoms with Gasteiger partial charge in [-0.05, 0) is 37.1 Å². The van der Waals surface area contributed by atoms with Gasteiger partial charge in [-0.2, -0.15) is 14.0 Å². The Labute approximate surface area is 144 Å². The summed E-state index contributed by atoms with van der Waals surface area (Å²) in [5, 5.41) is 12.4. The fourth-order valence-corrected chi connectivity index (χ4v) is 2.94. The maximum Gasteiger partial charge on any atom is 0.387 e. The monoisotopic (exact) mass is 344 g/mol. The zero-order valence-corrected chi connectivity index (χ0v) is 13.7. The van der Waals surface area contributed by atoms with Gasteiger partial charge < -0.3 is 15.0 Å². The number of hydrogen-bond donors (Lipinski definition) is 1. The molecule has 2 heterocycles. The summed E-state index contributed by atoms with van der Waals surface area (Å²) in [7, 11) is 0. The Morgan fingerprint density at radius 1 is 1.32 bits per heavy atom. The van der Waals surface area contributed by atoms with Gasteiger partial charge >= 0.3 is 6.61 Å². The molecular formula is C18H18F2N4O. The molecule has 1 aromatic carbocycles. The van der Waals surface area contributed by atoms with Crippen molar-refractivity contribution >= 4 is 11.5 Å². The van der Waals surface area contributed by atoms with Crippen molar-refractivity contribution in [1.82, 2.24) is 4.98 Å². The van der Waals surface area contributed by atoms with Crippen molar-refractivity contribution in [3.8, 4) is 11.8 Å². The molecule has 1 aromatic heterocycles. The zero-order chi connectivity index (χ0) is 17.8. The van der Waals surface area contributed by atoms with Crippen molar-refractivity contribution < 1.29 is 13.5 Å². The van der Waals surface area contributed by atoms with Gasteiger partial charge in [0.2, 0.25) is 0 Å². The number of nitrogens with zero attached hydrogens (tertiary/aromatic N) is 3. The number of ether oxygens (including phenoxy) is 1. The summed E-state index contributed by atoms with van der Waals surface area (Å²) in [4.78, 5) is 6.30. The summed E-state index contributed by atoms with van der Waals surface area (Å²) < 4.78 is 29.7. The molecule has 3 rings (SSSR count). The number of rotatable bonds is 5. The van der Waals surface area contributed by atoms with Crippen molar-refractivity contribution in [2.45, 2.75) is 26.0 Å². The van der Waals surface area contributed by atoms with Crippen LogP contribution in [0.1, 0.15) is 17.7 Å². The molecule has 1 fully saturated rings. The highest BCUT2D eigenvalue weighted by molar-refractivity contribution is 5.59. The number of anilines is 2. The van der Waals surface area contributed by atoms with Crippen LogP contribution in [0.25, 0.3) is 0 Å². The number of halogens is 2. The van der Waals surface area contributed by atoms with Gasteiger partial charge in [-0.3, -0.25) is 0 Å². The fraction of sp³-hybridized carbons (Fsp3) is 0.333. The van der Waals surface area contributed by atoms with Crippen LogP contribution in [0.2, 0.25) is 0 Å². The number of pyridine rings is 1. The van der Waals surface area contributed by atoms with Crippen molar-refractivity contribution in [3.05, 3.63) is 47.7 Å². The van der Waals surface area contributed by atoms with Crippen molar-refractivity contribution in [3.63, 3.8) is 0 Å². The average Bonchev–Trinajstić information content (AvgIpc) is 3.05. The summed E-state index contributed by atoms with van der Waals surface area (Å²) in [6, 6.07) is 12.7. The summed E-state index contributed by atoms with van der Waals surface area (Å²) in [6.45, 7) is 0.352. The molecule has 0 bridgehead atoms.